The average Bonchev–Trinajstić information content (AvgIpc) is 3.17. The molecule has 3 aromatic rings. The van der Waals surface area contributed by atoms with Gasteiger partial charge in [0.05, 0.1) is 12.0 Å². The third-order valence-electron chi connectivity index (χ3n) is 3.96. The number of ether oxygens (including phenoxy) is 1. The highest BCUT2D eigenvalue weighted by Gasteiger charge is 2.23. The Morgan fingerprint density at radius 2 is 2.27 bits per heavy atom. The standard InChI is InChI=1S/C15H12FN5O4S/c16-10-4-8-11(22)9(14(23)24)5-21(15-17-6-18-26-15)12(8)19-13(10)20-2-1-3-25-7-20/h4-6H,1-3,7H2,(H,23,24). The number of aromatic nitrogens is 4. The summed E-state index contributed by atoms with van der Waals surface area (Å²) in [6, 6.07) is 1.01. The summed E-state index contributed by atoms with van der Waals surface area (Å²) in [7, 11) is 0. The van der Waals surface area contributed by atoms with Crippen molar-refractivity contribution in [2.45, 2.75) is 6.42 Å². The second kappa shape index (κ2) is 6.42. The molecule has 1 aliphatic rings. The Labute approximate surface area is 149 Å². The quantitative estimate of drug-likeness (QED) is 0.726. The fourth-order valence-corrected chi connectivity index (χ4v) is 3.28. The van der Waals surface area contributed by atoms with Gasteiger partial charge in [-0.1, -0.05) is 0 Å². The van der Waals surface area contributed by atoms with Crippen LogP contribution < -0.4 is 10.3 Å². The van der Waals surface area contributed by atoms with Gasteiger partial charge in [0.25, 0.3) is 0 Å². The molecule has 1 N–H and O–H groups in total. The van der Waals surface area contributed by atoms with Gasteiger partial charge >= 0.3 is 5.97 Å². The van der Waals surface area contributed by atoms with Gasteiger partial charge in [0.2, 0.25) is 10.6 Å². The van der Waals surface area contributed by atoms with Crippen LogP contribution in [0.5, 0.6) is 0 Å². The van der Waals surface area contributed by atoms with Crippen molar-refractivity contribution in [3.8, 4) is 5.13 Å². The number of carbonyl (C=O) groups is 1. The second-order valence-electron chi connectivity index (χ2n) is 5.59. The number of aromatic carboxylic acids is 1. The summed E-state index contributed by atoms with van der Waals surface area (Å²) < 4.78 is 25.2. The van der Waals surface area contributed by atoms with E-state index < -0.39 is 22.8 Å². The molecule has 4 heterocycles. The molecule has 134 valence electrons. The monoisotopic (exact) mass is 377 g/mol. The number of carboxylic acid groups (broad SMARTS) is 1. The predicted molar refractivity (Wildman–Crippen MR) is 90.5 cm³/mol. The van der Waals surface area contributed by atoms with E-state index in [1.165, 1.54) is 10.9 Å². The van der Waals surface area contributed by atoms with Crippen molar-refractivity contribution in [1.82, 2.24) is 18.9 Å². The molecule has 26 heavy (non-hydrogen) atoms. The van der Waals surface area contributed by atoms with Crippen LogP contribution in [0.3, 0.4) is 0 Å². The number of hydrogen-bond donors (Lipinski definition) is 1. The lowest BCUT2D eigenvalue weighted by atomic mass is 10.2. The Balaban J connectivity index is 2.02. The molecular weight excluding hydrogens is 365 g/mol. The highest BCUT2D eigenvalue weighted by Crippen LogP contribution is 2.24. The Morgan fingerprint density at radius 3 is 2.92 bits per heavy atom. The van der Waals surface area contributed by atoms with Gasteiger partial charge in [0.15, 0.2) is 17.3 Å². The Hall–Kier alpha value is -2.92. The zero-order chi connectivity index (χ0) is 18.3. The molecule has 11 heteroatoms. The van der Waals surface area contributed by atoms with Crippen molar-refractivity contribution >= 4 is 34.4 Å². The van der Waals surface area contributed by atoms with E-state index >= 15 is 0 Å². The van der Waals surface area contributed by atoms with Crippen molar-refractivity contribution < 1.29 is 19.0 Å². The molecule has 0 bridgehead atoms. The van der Waals surface area contributed by atoms with Crippen molar-refractivity contribution in [2.75, 3.05) is 24.8 Å². The molecule has 1 saturated heterocycles. The summed E-state index contributed by atoms with van der Waals surface area (Å²) >= 11 is 0.998. The van der Waals surface area contributed by atoms with Crippen molar-refractivity contribution in [1.29, 1.82) is 0 Å². The minimum Gasteiger partial charge on any atom is -0.477 e. The van der Waals surface area contributed by atoms with Gasteiger partial charge in [-0.25, -0.2) is 19.2 Å². The minimum absolute atomic E-state index is 0.0398. The molecule has 0 atom stereocenters. The fourth-order valence-electron chi connectivity index (χ4n) is 2.77. The molecule has 0 aromatic carbocycles. The summed E-state index contributed by atoms with van der Waals surface area (Å²) in [4.78, 5) is 33.8. The molecule has 9 nitrogen and oxygen atoms in total. The lowest BCUT2D eigenvalue weighted by Gasteiger charge is -2.28. The Kier molecular flexibility index (Phi) is 4.09. The zero-order valence-corrected chi connectivity index (χ0v) is 14.1. The maximum Gasteiger partial charge on any atom is 0.341 e. The number of halogens is 1. The minimum atomic E-state index is -1.41. The number of carboxylic acids is 1. The van der Waals surface area contributed by atoms with Crippen LogP contribution in [0.1, 0.15) is 16.8 Å². The van der Waals surface area contributed by atoms with Crippen LogP contribution >= 0.6 is 11.5 Å². The van der Waals surface area contributed by atoms with Gasteiger partial charge in [-0.3, -0.25) is 9.36 Å². The first-order valence-electron chi connectivity index (χ1n) is 7.65. The van der Waals surface area contributed by atoms with Crippen molar-refractivity contribution in [3.05, 3.63) is 40.2 Å². The summed E-state index contributed by atoms with van der Waals surface area (Å²) in [5, 5.41) is 9.47. The molecule has 0 aliphatic carbocycles. The highest BCUT2D eigenvalue weighted by atomic mass is 32.1. The predicted octanol–water partition coefficient (Wildman–Crippen LogP) is 1.26. The molecule has 3 aromatic heterocycles. The van der Waals surface area contributed by atoms with Gasteiger partial charge in [-0.05, 0) is 12.5 Å². The van der Waals surface area contributed by atoms with Crippen LogP contribution in [-0.2, 0) is 4.74 Å². The third-order valence-corrected chi connectivity index (χ3v) is 4.63. The summed E-state index contributed by atoms with van der Waals surface area (Å²) in [6.07, 6.45) is 3.16. The fraction of sp³-hybridized carbons (Fsp3) is 0.267. The van der Waals surface area contributed by atoms with Crippen LogP contribution in [0.25, 0.3) is 16.2 Å². The largest absolute Gasteiger partial charge is 0.477 e. The first-order chi connectivity index (χ1) is 12.6. The van der Waals surface area contributed by atoms with Crippen LogP contribution in [0.4, 0.5) is 10.2 Å². The van der Waals surface area contributed by atoms with E-state index in [4.69, 9.17) is 4.74 Å². The smallest absolute Gasteiger partial charge is 0.341 e. The SMILES string of the molecule is O=C(O)c1cn(-c2ncns2)c2nc(N3CCCOC3)c(F)cc2c1=O. The molecular formula is C15H12FN5O4S. The van der Waals surface area contributed by atoms with Gasteiger partial charge in [0.1, 0.15) is 18.6 Å². The van der Waals surface area contributed by atoms with E-state index in [0.717, 1.165) is 30.2 Å². The van der Waals surface area contributed by atoms with Crippen molar-refractivity contribution in [3.63, 3.8) is 0 Å². The maximum absolute atomic E-state index is 14.6. The number of nitrogens with zero attached hydrogens (tertiary/aromatic N) is 5. The van der Waals surface area contributed by atoms with Crippen LogP contribution in [0.15, 0.2) is 23.4 Å². The highest BCUT2D eigenvalue weighted by molar-refractivity contribution is 7.08. The maximum atomic E-state index is 14.6. The van der Waals surface area contributed by atoms with Gasteiger partial charge in [0, 0.05) is 24.3 Å². The average molecular weight is 377 g/mol. The summed E-state index contributed by atoms with van der Waals surface area (Å²) in [6.45, 7) is 1.33. The first kappa shape index (κ1) is 16.5. The van der Waals surface area contributed by atoms with E-state index in [-0.39, 0.29) is 23.6 Å². The molecule has 0 amide bonds. The molecule has 1 aliphatic heterocycles. The molecule has 1 fully saturated rings. The van der Waals surface area contributed by atoms with E-state index in [1.807, 2.05) is 0 Å². The van der Waals surface area contributed by atoms with E-state index in [0.29, 0.717) is 18.3 Å². The van der Waals surface area contributed by atoms with Crippen molar-refractivity contribution in [2.24, 2.45) is 0 Å². The molecule has 0 radical (unpaired) electrons. The van der Waals surface area contributed by atoms with Gasteiger partial charge < -0.3 is 14.7 Å². The van der Waals surface area contributed by atoms with Gasteiger partial charge in [-0.15, -0.1) is 0 Å². The topological polar surface area (TPSA) is 110 Å². The van der Waals surface area contributed by atoms with Crippen LogP contribution in [0, 0.1) is 5.82 Å². The second-order valence-corrected chi connectivity index (χ2v) is 6.35. The summed E-state index contributed by atoms with van der Waals surface area (Å²) in [5.74, 6) is -2.09. The van der Waals surface area contributed by atoms with Crippen LogP contribution in [0.2, 0.25) is 0 Å². The molecule has 0 spiro atoms. The number of anilines is 1. The zero-order valence-electron chi connectivity index (χ0n) is 13.3. The Morgan fingerprint density at radius 1 is 1.42 bits per heavy atom. The van der Waals surface area contributed by atoms with Gasteiger partial charge in [-0.2, -0.15) is 4.37 Å². The lowest BCUT2D eigenvalue weighted by Crippen LogP contribution is -2.34. The van der Waals surface area contributed by atoms with Crippen LogP contribution in [-0.4, -0.2) is 49.9 Å². The Bertz CT molecular complexity index is 1050. The lowest BCUT2D eigenvalue weighted by molar-refractivity contribution is 0.0695. The molecule has 4 rings (SSSR count). The number of fused-ring (bicyclic) bond motifs is 1. The first-order valence-corrected chi connectivity index (χ1v) is 8.42. The normalized spacial score (nSPS) is 14.7. The number of pyridine rings is 2. The molecule has 0 saturated carbocycles. The number of rotatable bonds is 3. The van der Waals surface area contributed by atoms with E-state index in [9.17, 15) is 19.1 Å². The molecule has 0 unspecified atom stereocenters. The third kappa shape index (κ3) is 2.70. The van der Waals surface area contributed by atoms with E-state index in [1.54, 1.807) is 4.90 Å². The number of hydrogen-bond acceptors (Lipinski definition) is 8. The summed E-state index contributed by atoms with van der Waals surface area (Å²) in [5.41, 5.74) is -1.19. The van der Waals surface area contributed by atoms with E-state index in [2.05, 4.69) is 14.3 Å².